The van der Waals surface area contributed by atoms with E-state index in [9.17, 15) is 77.3 Å². The molecule has 0 spiro atoms. The number of amides is 4. The van der Waals surface area contributed by atoms with Crippen molar-refractivity contribution in [2.24, 2.45) is 35.2 Å². The average Bonchev–Trinajstić information content (AvgIpc) is 1.21. The standard InChI is InChI=1S/C21H23N3O5S.C20H21N3O5S.C12H24B2O4.C12H16BNO6S.C12H14BrNO4S.C9H9BrN2O/c1-21(2)20(26)24(5)16-10-12(30(6,27)28)9-14(18(16)29-21)15-11-23(4)19(25)17-13(15)7-8-22(17)3;1-20(2)19(25)23(4)15-9-11(29(5,26)27)8-13(17(15)28-20)14-10-22(3)18(24)16-12(14)6-7-21-16;1-9(2)10(3,4)16-13(15-9)14-17-11(5,6)12(7,8)18-14;1-12(2)11(15)14(3)9-6-7(21(4,18)19)5-8(13(16)17)10(9)20-12;1-12(2)11(15)14(3)9-6-7(19(4,16)17)5-8(13)10(9)18-12;1-11-4-3-6-7(10)5-12(2)9(13)8(6)11/h7-11H,1-6H3;6-10,21H,1-5H3;1-8H3;5-6,16-17H,1-4H3;5-6H,1-4H3;3-5H,1-2H3. The lowest BCUT2D eigenvalue weighted by Crippen LogP contribution is -2.53. The molecule has 35 nitrogen and oxygen atoms in total. The SMILES string of the molecule is CC1(C)OB(B2OC(C)(C)C(C)(C)O2)OC1(C)C.CN1C(=O)C(C)(C)Oc2c(-c3cn(C)c(=O)c4[nH]ccc34)cc(S(C)(=O)=O)cc21.CN1C(=O)C(C)(C)Oc2c(-c3cn(C)c(=O)c4c3ccn4C)cc(S(C)(=O)=O)cc21.CN1C(=O)C(C)(C)Oc2c(B(O)O)cc(S(C)(=O)=O)cc21.CN1C(=O)C(C)(C)Oc2c(Br)cc(S(C)(=O)=O)cc21.Cn1cc(Br)c2ccn(C)c2c1=O. The molecule has 4 aromatic carbocycles. The van der Waals surface area contributed by atoms with Crippen LogP contribution in [0.25, 0.3) is 55.0 Å². The van der Waals surface area contributed by atoms with Crippen molar-refractivity contribution in [3.8, 4) is 45.3 Å². The summed E-state index contributed by atoms with van der Waals surface area (Å²) in [6, 6.07) is 16.8. The van der Waals surface area contributed by atoms with Crippen LogP contribution in [0.15, 0.2) is 147 Å². The van der Waals surface area contributed by atoms with Crippen LogP contribution in [0.3, 0.4) is 0 Å². The number of anilines is 4. The minimum Gasteiger partial charge on any atom is -0.476 e. The molecule has 0 bridgehead atoms. The van der Waals surface area contributed by atoms with Gasteiger partial charge in [0, 0.05) is 174 Å². The number of ether oxygens (including phenoxy) is 4. The summed E-state index contributed by atoms with van der Waals surface area (Å²) >= 11 is 6.72. The molecule has 0 aliphatic carbocycles. The number of nitrogens with one attached hydrogen (secondary N) is 1. The summed E-state index contributed by atoms with van der Waals surface area (Å²) in [5.74, 6) is 0.204. The van der Waals surface area contributed by atoms with Crippen LogP contribution in [0.5, 0.6) is 23.0 Å². The summed E-state index contributed by atoms with van der Waals surface area (Å²) in [4.78, 5) is 95.1. The fourth-order valence-electron chi connectivity index (χ4n) is 15.1. The number of nitrogens with zero attached hydrogens (tertiary/aromatic N) is 9. The van der Waals surface area contributed by atoms with Crippen molar-refractivity contribution in [3.05, 3.63) is 144 Å². The number of rotatable bonds is 8. The van der Waals surface area contributed by atoms with E-state index in [0.29, 0.717) is 82.8 Å². The lowest BCUT2D eigenvalue weighted by Gasteiger charge is -2.38. The highest BCUT2D eigenvalue weighted by atomic mass is 79.9. The number of pyridine rings is 3. The Bertz CT molecular complexity index is 7010. The second-order valence-corrected chi connectivity index (χ2v) is 46.6. The number of sulfone groups is 4. The van der Waals surface area contributed by atoms with Crippen LogP contribution in [0.2, 0.25) is 0 Å². The van der Waals surface area contributed by atoms with Gasteiger partial charge < -0.3 is 95.0 Å². The first-order chi connectivity index (χ1) is 59.2. The van der Waals surface area contributed by atoms with E-state index < -0.39 is 82.9 Å². The van der Waals surface area contributed by atoms with Crippen molar-refractivity contribution in [2.45, 2.75) is 175 Å². The Balaban J connectivity index is 0.000000154. The van der Waals surface area contributed by atoms with Gasteiger partial charge in [-0.2, -0.15) is 0 Å². The number of carbonyl (C=O) groups is 4. The second-order valence-electron chi connectivity index (χ2n) is 36.8. The maximum Gasteiger partial charge on any atom is 0.492 e. The van der Waals surface area contributed by atoms with Gasteiger partial charge in [0.2, 0.25) is 0 Å². The Labute approximate surface area is 772 Å². The van der Waals surface area contributed by atoms with E-state index >= 15 is 0 Å². The van der Waals surface area contributed by atoms with Crippen LogP contribution in [0.4, 0.5) is 22.7 Å². The minimum atomic E-state index is -3.58. The molecule has 6 aromatic heterocycles. The molecule has 12 heterocycles. The van der Waals surface area contributed by atoms with Gasteiger partial charge in [-0.1, -0.05) is 0 Å². The molecule has 698 valence electrons. The van der Waals surface area contributed by atoms with Crippen molar-refractivity contribution >= 4 is 177 Å². The molecule has 130 heavy (non-hydrogen) atoms. The van der Waals surface area contributed by atoms with Crippen LogP contribution in [0.1, 0.15) is 111 Å². The quantitative estimate of drug-likeness (QED) is 0.119. The van der Waals surface area contributed by atoms with E-state index in [4.69, 9.17) is 37.6 Å². The van der Waals surface area contributed by atoms with Gasteiger partial charge in [0.15, 0.2) is 79.0 Å². The van der Waals surface area contributed by atoms with Crippen LogP contribution >= 0.6 is 31.9 Å². The number of halogens is 2. The predicted molar refractivity (Wildman–Crippen MR) is 506 cm³/mol. The number of carbonyl (C=O) groups excluding carboxylic acids is 4. The van der Waals surface area contributed by atoms with E-state index in [1.165, 1.54) is 72.2 Å². The number of hydrogen-bond acceptors (Lipinski definition) is 25. The lowest BCUT2D eigenvalue weighted by atomic mass is 9.49. The summed E-state index contributed by atoms with van der Waals surface area (Å²) in [7, 11) is -2.00. The largest absolute Gasteiger partial charge is 0.492 e. The molecule has 6 aliphatic rings. The first-order valence-electron chi connectivity index (χ1n) is 40.5. The number of fused-ring (bicyclic) bond motifs is 7. The van der Waals surface area contributed by atoms with Gasteiger partial charge in [-0.3, -0.25) is 33.6 Å². The summed E-state index contributed by atoms with van der Waals surface area (Å²) in [6.07, 6.45) is 14.8. The molecule has 16 rings (SSSR count). The summed E-state index contributed by atoms with van der Waals surface area (Å²) in [5, 5.41) is 21.2. The van der Waals surface area contributed by atoms with Crippen molar-refractivity contribution in [1.29, 1.82) is 0 Å². The number of aryl methyl sites for hydroxylation is 5. The molecule has 0 unspecified atom stereocenters. The normalized spacial score (nSPS) is 18.2. The van der Waals surface area contributed by atoms with Crippen molar-refractivity contribution in [3.63, 3.8) is 0 Å². The van der Waals surface area contributed by atoms with Crippen molar-refractivity contribution in [2.75, 3.05) is 72.8 Å². The van der Waals surface area contributed by atoms with E-state index in [1.807, 2.05) is 85.3 Å². The Kier molecular flexibility index (Phi) is 26.6. The Morgan fingerprint density at radius 2 is 0.654 bits per heavy atom. The number of aromatic nitrogens is 6. The topological polar surface area (TPSA) is 424 Å². The van der Waals surface area contributed by atoms with Gasteiger partial charge in [-0.05, 0) is 209 Å². The fraction of sp³-hybridized carbons (Fsp3) is 0.430. The lowest BCUT2D eigenvalue weighted by molar-refractivity contribution is -0.132. The Hall–Kier alpha value is -9.86. The van der Waals surface area contributed by atoms with E-state index in [2.05, 4.69) is 36.8 Å². The maximum absolute atomic E-state index is 12.7. The zero-order valence-electron chi connectivity index (χ0n) is 77.7. The molecule has 44 heteroatoms. The number of likely N-dealkylation sites (N-methyl/N-ethyl adjacent to an activating group) is 4. The van der Waals surface area contributed by atoms with Gasteiger partial charge >= 0.3 is 21.1 Å². The van der Waals surface area contributed by atoms with Crippen LogP contribution in [-0.4, -0.2) is 214 Å². The van der Waals surface area contributed by atoms with Crippen molar-refractivity contribution < 1.29 is 100 Å². The van der Waals surface area contributed by atoms with Crippen LogP contribution in [-0.2, 0) is 112 Å². The maximum atomic E-state index is 12.7. The zero-order valence-corrected chi connectivity index (χ0v) is 84.2. The molecular formula is C86H107B3Br2N10O25S4. The predicted octanol–water partition coefficient (Wildman–Crippen LogP) is 8.93. The molecule has 3 N–H and O–H groups in total. The van der Waals surface area contributed by atoms with Gasteiger partial charge in [0.05, 0.1) is 69.2 Å². The molecule has 4 amide bonds. The summed E-state index contributed by atoms with van der Waals surface area (Å²) in [5.41, 5.74) is -0.998. The van der Waals surface area contributed by atoms with Gasteiger partial charge in [-0.15, -0.1) is 0 Å². The fourth-order valence-corrected chi connectivity index (χ4v) is 19.1. The molecule has 6 aliphatic heterocycles. The molecule has 10 aromatic rings. The van der Waals surface area contributed by atoms with E-state index in [1.54, 1.807) is 157 Å². The van der Waals surface area contributed by atoms with Gasteiger partial charge in [0.25, 0.3) is 40.3 Å². The van der Waals surface area contributed by atoms with Crippen LogP contribution < -0.4 is 60.7 Å². The smallest absolute Gasteiger partial charge is 0.476 e. The van der Waals surface area contributed by atoms with Crippen molar-refractivity contribution in [1.82, 2.24) is 27.8 Å². The number of H-pyrrole nitrogens is 1. The van der Waals surface area contributed by atoms with E-state index in [-0.39, 0.29) is 99.2 Å². The van der Waals surface area contributed by atoms with Gasteiger partial charge in [-0.25, -0.2) is 33.7 Å². The van der Waals surface area contributed by atoms with Crippen LogP contribution in [0, 0.1) is 0 Å². The first-order valence-corrected chi connectivity index (χ1v) is 49.6. The third-order valence-electron chi connectivity index (χ3n) is 23.9. The summed E-state index contributed by atoms with van der Waals surface area (Å²) in [6.45, 7) is 29.3. The molecule has 2 fully saturated rings. The van der Waals surface area contributed by atoms with E-state index in [0.717, 1.165) is 46.5 Å². The summed E-state index contributed by atoms with van der Waals surface area (Å²) < 4.78 is 153. The molecular weight excluding hydrogens is 1890 g/mol. The number of hydrogen-bond donors (Lipinski definition) is 3. The first kappa shape index (κ1) is 101. The molecule has 0 atom stereocenters. The Morgan fingerprint density at radius 1 is 0.354 bits per heavy atom. The molecule has 0 radical (unpaired) electrons. The highest BCUT2D eigenvalue weighted by molar-refractivity contribution is 9.11. The van der Waals surface area contributed by atoms with Gasteiger partial charge in [0.1, 0.15) is 22.3 Å². The minimum absolute atomic E-state index is 0.0331. The molecule has 2 saturated heterocycles. The Morgan fingerprint density at radius 3 is 1.02 bits per heavy atom. The number of benzene rings is 4. The molecule has 0 saturated carbocycles. The third kappa shape index (κ3) is 19.0. The number of aromatic amines is 1. The zero-order chi connectivity index (χ0) is 97.8. The second kappa shape index (κ2) is 34.3. The average molecular weight is 2000 g/mol. The monoisotopic (exact) mass is 2000 g/mol. The highest BCUT2D eigenvalue weighted by Gasteiger charge is 2.64. The third-order valence-corrected chi connectivity index (χ3v) is 29.5. The highest BCUT2D eigenvalue weighted by Crippen LogP contribution is 2.51.